The van der Waals surface area contributed by atoms with Gasteiger partial charge in [-0.05, 0) is 74.7 Å². The molecule has 2 amide bonds. The second-order valence-corrected chi connectivity index (χ2v) is 7.94. The molecule has 0 aliphatic carbocycles. The SMILES string of the molecule is Cc1ncccc1CNC(=O)N(C)CC1CCN(CC(=O)c2ccc(F)cc2)CC1. The fraction of sp³-hybridized carbons (Fsp3) is 0.435. The number of Topliss-reactive ketones (excluding diaryl/α,β-unsaturated/α-hetero) is 1. The molecule has 0 atom stereocenters. The first-order valence-electron chi connectivity index (χ1n) is 10.3. The zero-order valence-corrected chi connectivity index (χ0v) is 17.6. The Kier molecular flexibility index (Phi) is 7.52. The predicted octanol–water partition coefficient (Wildman–Crippen LogP) is 3.27. The number of likely N-dealkylation sites (tertiary alicyclic amines) is 1. The molecule has 1 N–H and O–H groups in total. The number of nitrogens with zero attached hydrogens (tertiary/aromatic N) is 3. The van der Waals surface area contributed by atoms with Crippen LogP contribution in [0.4, 0.5) is 9.18 Å². The minimum absolute atomic E-state index is 0.00985. The van der Waals surface area contributed by atoms with Crippen molar-refractivity contribution in [3.8, 4) is 0 Å². The fourth-order valence-electron chi connectivity index (χ4n) is 3.74. The number of aromatic nitrogens is 1. The maximum Gasteiger partial charge on any atom is 0.317 e. The summed E-state index contributed by atoms with van der Waals surface area (Å²) in [6, 6.07) is 9.44. The van der Waals surface area contributed by atoms with Gasteiger partial charge >= 0.3 is 6.03 Å². The number of carbonyl (C=O) groups excluding carboxylic acids is 2. The van der Waals surface area contributed by atoms with Gasteiger partial charge in [-0.2, -0.15) is 0 Å². The van der Waals surface area contributed by atoms with Crippen LogP contribution >= 0.6 is 0 Å². The topological polar surface area (TPSA) is 65.5 Å². The number of pyridine rings is 1. The van der Waals surface area contributed by atoms with Crippen molar-refractivity contribution in [1.29, 1.82) is 0 Å². The van der Waals surface area contributed by atoms with E-state index < -0.39 is 0 Å². The molecule has 2 heterocycles. The van der Waals surface area contributed by atoms with Crippen LogP contribution in [0.2, 0.25) is 0 Å². The van der Waals surface area contributed by atoms with Gasteiger partial charge in [0, 0.05) is 37.6 Å². The van der Waals surface area contributed by atoms with Gasteiger partial charge in [-0.1, -0.05) is 6.07 Å². The Morgan fingerprint density at radius 1 is 1.20 bits per heavy atom. The normalized spacial score (nSPS) is 15.0. The van der Waals surface area contributed by atoms with E-state index in [1.54, 1.807) is 11.1 Å². The maximum absolute atomic E-state index is 13.0. The second-order valence-electron chi connectivity index (χ2n) is 7.94. The van der Waals surface area contributed by atoms with Crippen LogP contribution < -0.4 is 5.32 Å². The van der Waals surface area contributed by atoms with Gasteiger partial charge in [-0.3, -0.25) is 14.7 Å². The highest BCUT2D eigenvalue weighted by atomic mass is 19.1. The lowest BCUT2D eigenvalue weighted by Crippen LogP contribution is -2.43. The number of piperidine rings is 1. The van der Waals surface area contributed by atoms with Crippen molar-refractivity contribution in [3.05, 3.63) is 65.2 Å². The zero-order valence-electron chi connectivity index (χ0n) is 17.6. The smallest absolute Gasteiger partial charge is 0.317 e. The molecule has 1 saturated heterocycles. The standard InChI is InChI=1S/C23H29FN4O2/c1-17-20(4-3-11-25-17)14-26-23(30)27(2)15-18-9-12-28(13-10-18)16-22(29)19-5-7-21(24)8-6-19/h3-8,11,18H,9-10,12-16H2,1-2H3,(H,26,30). The van der Waals surface area contributed by atoms with E-state index in [-0.39, 0.29) is 17.6 Å². The zero-order chi connectivity index (χ0) is 21.5. The summed E-state index contributed by atoms with van der Waals surface area (Å²) in [5.41, 5.74) is 2.47. The molecule has 0 unspecified atom stereocenters. The van der Waals surface area contributed by atoms with Gasteiger partial charge in [0.25, 0.3) is 0 Å². The molecular weight excluding hydrogens is 383 g/mol. The van der Waals surface area contributed by atoms with Crippen LogP contribution in [0.1, 0.15) is 34.5 Å². The van der Waals surface area contributed by atoms with E-state index in [4.69, 9.17) is 0 Å². The number of nitrogens with one attached hydrogen (secondary N) is 1. The molecule has 160 valence electrons. The highest BCUT2D eigenvalue weighted by Crippen LogP contribution is 2.19. The van der Waals surface area contributed by atoms with Gasteiger partial charge in [0.05, 0.1) is 6.54 Å². The Morgan fingerprint density at radius 2 is 1.90 bits per heavy atom. The van der Waals surface area contributed by atoms with Crippen LogP contribution in [0.25, 0.3) is 0 Å². The van der Waals surface area contributed by atoms with Crippen LogP contribution in [0.5, 0.6) is 0 Å². The third kappa shape index (κ3) is 6.10. The number of rotatable bonds is 7. The average molecular weight is 413 g/mol. The van der Waals surface area contributed by atoms with Gasteiger partial charge in [-0.25, -0.2) is 9.18 Å². The molecule has 0 saturated carbocycles. The molecule has 0 spiro atoms. The number of hydrogen-bond donors (Lipinski definition) is 1. The van der Waals surface area contributed by atoms with E-state index in [1.165, 1.54) is 24.3 Å². The second kappa shape index (κ2) is 10.3. The molecule has 1 aliphatic heterocycles. The summed E-state index contributed by atoms with van der Waals surface area (Å²) in [6.45, 7) is 5.08. The summed E-state index contributed by atoms with van der Waals surface area (Å²) >= 11 is 0. The van der Waals surface area contributed by atoms with Crippen molar-refractivity contribution in [2.24, 2.45) is 5.92 Å². The van der Waals surface area contributed by atoms with Gasteiger partial charge in [0.1, 0.15) is 5.82 Å². The Hall–Kier alpha value is -2.80. The Labute approximate surface area is 177 Å². The number of ketones is 1. The van der Waals surface area contributed by atoms with Gasteiger partial charge in [0.15, 0.2) is 5.78 Å². The average Bonchev–Trinajstić information content (AvgIpc) is 2.74. The van der Waals surface area contributed by atoms with Crippen molar-refractivity contribution in [2.75, 3.05) is 33.2 Å². The van der Waals surface area contributed by atoms with E-state index in [2.05, 4.69) is 15.2 Å². The summed E-state index contributed by atoms with van der Waals surface area (Å²) in [5.74, 6) is 0.0878. The molecule has 1 aliphatic rings. The third-order valence-corrected chi connectivity index (χ3v) is 5.67. The molecular formula is C23H29FN4O2. The highest BCUT2D eigenvalue weighted by Gasteiger charge is 2.23. The molecule has 2 aromatic rings. The van der Waals surface area contributed by atoms with E-state index >= 15 is 0 Å². The van der Waals surface area contributed by atoms with E-state index in [0.29, 0.717) is 31.1 Å². The summed E-state index contributed by atoms with van der Waals surface area (Å²) in [5, 5.41) is 2.95. The van der Waals surface area contributed by atoms with Gasteiger partial charge < -0.3 is 10.2 Å². The predicted molar refractivity (Wildman–Crippen MR) is 114 cm³/mol. The number of carbonyl (C=O) groups is 2. The van der Waals surface area contributed by atoms with Crippen molar-refractivity contribution in [3.63, 3.8) is 0 Å². The molecule has 3 rings (SSSR count). The molecule has 30 heavy (non-hydrogen) atoms. The van der Waals surface area contributed by atoms with Crippen molar-refractivity contribution in [1.82, 2.24) is 20.1 Å². The molecule has 1 fully saturated rings. The first-order valence-corrected chi connectivity index (χ1v) is 10.3. The van der Waals surface area contributed by atoms with E-state index in [0.717, 1.165) is 37.2 Å². The summed E-state index contributed by atoms with van der Waals surface area (Å²) in [7, 11) is 1.82. The monoisotopic (exact) mass is 412 g/mol. The molecule has 6 nitrogen and oxygen atoms in total. The van der Waals surface area contributed by atoms with Crippen LogP contribution in [0.3, 0.4) is 0 Å². The molecule has 7 heteroatoms. The number of urea groups is 1. The lowest BCUT2D eigenvalue weighted by Gasteiger charge is -2.33. The molecule has 1 aromatic heterocycles. The van der Waals surface area contributed by atoms with Crippen molar-refractivity contribution >= 4 is 11.8 Å². The largest absolute Gasteiger partial charge is 0.334 e. The van der Waals surface area contributed by atoms with Crippen LogP contribution in [0, 0.1) is 18.7 Å². The quantitative estimate of drug-likeness (QED) is 0.709. The van der Waals surface area contributed by atoms with Crippen LogP contribution in [0.15, 0.2) is 42.6 Å². The number of halogens is 1. The first-order chi connectivity index (χ1) is 14.4. The Balaban J connectivity index is 1.39. The van der Waals surface area contributed by atoms with Gasteiger partial charge in [-0.15, -0.1) is 0 Å². The number of benzene rings is 1. The summed E-state index contributed by atoms with van der Waals surface area (Å²) < 4.78 is 13.0. The lowest BCUT2D eigenvalue weighted by atomic mass is 9.96. The van der Waals surface area contributed by atoms with Crippen molar-refractivity contribution in [2.45, 2.75) is 26.3 Å². The summed E-state index contributed by atoms with van der Waals surface area (Å²) in [4.78, 5) is 32.9. The Bertz CT molecular complexity index is 864. The minimum Gasteiger partial charge on any atom is -0.334 e. The molecule has 1 aromatic carbocycles. The van der Waals surface area contributed by atoms with E-state index in [9.17, 15) is 14.0 Å². The maximum atomic E-state index is 13.0. The summed E-state index contributed by atoms with van der Waals surface area (Å²) in [6.07, 6.45) is 3.62. The van der Waals surface area contributed by atoms with Crippen molar-refractivity contribution < 1.29 is 14.0 Å². The van der Waals surface area contributed by atoms with Gasteiger partial charge in [0.2, 0.25) is 0 Å². The molecule has 0 radical (unpaired) electrons. The van der Waals surface area contributed by atoms with Crippen LogP contribution in [-0.2, 0) is 6.54 Å². The molecule has 0 bridgehead atoms. The Morgan fingerprint density at radius 3 is 2.57 bits per heavy atom. The highest BCUT2D eigenvalue weighted by molar-refractivity contribution is 5.97. The third-order valence-electron chi connectivity index (χ3n) is 5.67. The van der Waals surface area contributed by atoms with E-state index in [1.807, 2.05) is 26.1 Å². The lowest BCUT2D eigenvalue weighted by molar-refractivity contribution is 0.0886. The number of aryl methyl sites for hydroxylation is 1. The minimum atomic E-state index is -0.337. The number of amides is 2. The fourth-order valence-corrected chi connectivity index (χ4v) is 3.74. The van der Waals surface area contributed by atoms with Crippen LogP contribution in [-0.4, -0.2) is 59.8 Å². The first kappa shape index (κ1) is 21.9. The number of hydrogen-bond acceptors (Lipinski definition) is 4.